The van der Waals surface area contributed by atoms with Crippen LogP contribution in [-0.4, -0.2) is 23.5 Å². The van der Waals surface area contributed by atoms with Crippen LogP contribution in [0.1, 0.15) is 43.1 Å². The van der Waals surface area contributed by atoms with Crippen molar-refractivity contribution in [1.29, 1.82) is 0 Å². The number of amides is 1. The summed E-state index contributed by atoms with van der Waals surface area (Å²) in [5.74, 6) is -1.79. The van der Waals surface area contributed by atoms with E-state index in [9.17, 15) is 14.7 Å². The number of carbonyl (C=O) groups excluding carboxylic acids is 1. The van der Waals surface area contributed by atoms with E-state index in [2.05, 4.69) is 5.32 Å². The summed E-state index contributed by atoms with van der Waals surface area (Å²) in [6, 6.07) is 5.12. The van der Waals surface area contributed by atoms with Crippen molar-refractivity contribution >= 4 is 17.6 Å². The Bertz CT molecular complexity index is 533. The van der Waals surface area contributed by atoms with Crippen molar-refractivity contribution in [2.75, 3.05) is 12.3 Å². The predicted molar refractivity (Wildman–Crippen MR) is 83.1 cm³/mol. The highest BCUT2D eigenvalue weighted by Crippen LogP contribution is 2.24. The van der Waals surface area contributed by atoms with Gasteiger partial charge in [-0.05, 0) is 36.5 Å². The summed E-state index contributed by atoms with van der Waals surface area (Å²) in [5, 5.41) is 11.9. The fourth-order valence-corrected chi connectivity index (χ4v) is 2.20. The van der Waals surface area contributed by atoms with Crippen LogP contribution in [0.5, 0.6) is 0 Å². The van der Waals surface area contributed by atoms with Crippen LogP contribution in [0.4, 0.5) is 5.69 Å². The summed E-state index contributed by atoms with van der Waals surface area (Å²) in [6.07, 6.45) is 0.499. The van der Waals surface area contributed by atoms with Crippen LogP contribution in [0.2, 0.25) is 0 Å². The molecule has 0 radical (unpaired) electrons. The Balaban J connectivity index is 2.74. The molecule has 1 amide bonds. The maximum absolute atomic E-state index is 12.2. The first kappa shape index (κ1) is 17.0. The zero-order valence-electron chi connectivity index (χ0n) is 13.1. The zero-order chi connectivity index (χ0) is 16.2. The van der Waals surface area contributed by atoms with Gasteiger partial charge < -0.3 is 16.2 Å². The van der Waals surface area contributed by atoms with Crippen LogP contribution in [0, 0.1) is 18.3 Å². The standard InChI is InChI=1S/C16H24N2O3/c1-10-12(6-5-7-13(10)17)14(19)18-9-11(15(20)21)8-16(2,3)4/h5-7,11H,8-9,17H2,1-4H3,(H,18,19)(H,20,21). The second-order valence-corrected chi connectivity index (χ2v) is 6.53. The van der Waals surface area contributed by atoms with E-state index in [-0.39, 0.29) is 17.9 Å². The van der Waals surface area contributed by atoms with E-state index >= 15 is 0 Å². The first-order valence-corrected chi connectivity index (χ1v) is 6.98. The highest BCUT2D eigenvalue weighted by molar-refractivity contribution is 5.97. The third-order valence-electron chi connectivity index (χ3n) is 3.34. The fourth-order valence-electron chi connectivity index (χ4n) is 2.20. The van der Waals surface area contributed by atoms with E-state index in [0.717, 1.165) is 0 Å². The molecule has 21 heavy (non-hydrogen) atoms. The van der Waals surface area contributed by atoms with Gasteiger partial charge in [-0.3, -0.25) is 9.59 Å². The molecule has 0 aliphatic rings. The number of hydrogen-bond acceptors (Lipinski definition) is 3. The fraction of sp³-hybridized carbons (Fsp3) is 0.500. The largest absolute Gasteiger partial charge is 0.481 e. The molecule has 1 rings (SSSR count). The van der Waals surface area contributed by atoms with Gasteiger partial charge in [-0.1, -0.05) is 26.8 Å². The molecule has 1 aromatic carbocycles. The van der Waals surface area contributed by atoms with Crippen molar-refractivity contribution in [3.05, 3.63) is 29.3 Å². The van der Waals surface area contributed by atoms with Gasteiger partial charge in [0.25, 0.3) is 5.91 Å². The number of aliphatic carboxylic acids is 1. The molecule has 0 fully saturated rings. The maximum Gasteiger partial charge on any atom is 0.308 e. The van der Waals surface area contributed by atoms with Crippen molar-refractivity contribution in [1.82, 2.24) is 5.32 Å². The smallest absolute Gasteiger partial charge is 0.308 e. The Hall–Kier alpha value is -2.04. The van der Waals surface area contributed by atoms with Crippen molar-refractivity contribution in [3.63, 3.8) is 0 Å². The molecular weight excluding hydrogens is 268 g/mol. The first-order chi connectivity index (χ1) is 9.61. The number of benzene rings is 1. The Morgan fingerprint density at radius 3 is 2.48 bits per heavy atom. The van der Waals surface area contributed by atoms with Crippen LogP contribution < -0.4 is 11.1 Å². The average molecular weight is 292 g/mol. The molecule has 0 bridgehead atoms. The van der Waals surface area contributed by atoms with Gasteiger partial charge in [0.05, 0.1) is 5.92 Å². The van der Waals surface area contributed by atoms with Crippen molar-refractivity contribution < 1.29 is 14.7 Å². The predicted octanol–water partition coefficient (Wildman–Crippen LogP) is 2.44. The summed E-state index contributed by atoms with van der Waals surface area (Å²) in [6.45, 7) is 7.82. The lowest BCUT2D eigenvalue weighted by Gasteiger charge is -2.23. The molecule has 1 atom stereocenters. The van der Waals surface area contributed by atoms with Gasteiger partial charge in [-0.2, -0.15) is 0 Å². The molecule has 0 aliphatic carbocycles. The molecule has 0 spiro atoms. The Labute approximate surface area is 125 Å². The molecule has 0 heterocycles. The highest BCUT2D eigenvalue weighted by Gasteiger charge is 2.25. The highest BCUT2D eigenvalue weighted by atomic mass is 16.4. The average Bonchev–Trinajstić information content (AvgIpc) is 2.35. The number of nitrogens with one attached hydrogen (secondary N) is 1. The van der Waals surface area contributed by atoms with E-state index in [4.69, 9.17) is 5.73 Å². The molecule has 1 aromatic rings. The third-order valence-corrected chi connectivity index (χ3v) is 3.34. The van der Waals surface area contributed by atoms with Gasteiger partial charge in [0, 0.05) is 17.8 Å². The van der Waals surface area contributed by atoms with Crippen LogP contribution in [0.25, 0.3) is 0 Å². The van der Waals surface area contributed by atoms with Crippen LogP contribution in [0.15, 0.2) is 18.2 Å². The SMILES string of the molecule is Cc1c(N)cccc1C(=O)NCC(CC(C)(C)C)C(=O)O. The zero-order valence-corrected chi connectivity index (χ0v) is 13.1. The topological polar surface area (TPSA) is 92.4 Å². The summed E-state index contributed by atoms with van der Waals surface area (Å²) >= 11 is 0. The van der Waals surface area contributed by atoms with Gasteiger partial charge in [0.15, 0.2) is 0 Å². The van der Waals surface area contributed by atoms with E-state index in [1.54, 1.807) is 25.1 Å². The lowest BCUT2D eigenvalue weighted by Crippen LogP contribution is -2.35. The minimum absolute atomic E-state index is 0.110. The number of carboxylic acids is 1. The summed E-state index contributed by atoms with van der Waals surface area (Å²) in [7, 11) is 0. The monoisotopic (exact) mass is 292 g/mol. The Morgan fingerprint density at radius 1 is 1.33 bits per heavy atom. The number of anilines is 1. The minimum Gasteiger partial charge on any atom is -0.481 e. The van der Waals surface area contributed by atoms with Gasteiger partial charge in [0.1, 0.15) is 0 Å². The van der Waals surface area contributed by atoms with E-state index in [1.807, 2.05) is 20.8 Å². The van der Waals surface area contributed by atoms with Crippen molar-refractivity contribution in [2.45, 2.75) is 34.1 Å². The molecule has 5 nitrogen and oxygen atoms in total. The normalized spacial score (nSPS) is 12.8. The molecule has 4 N–H and O–H groups in total. The second-order valence-electron chi connectivity index (χ2n) is 6.53. The van der Waals surface area contributed by atoms with Gasteiger partial charge >= 0.3 is 5.97 Å². The molecular formula is C16H24N2O3. The van der Waals surface area contributed by atoms with Gasteiger partial charge in [-0.15, -0.1) is 0 Å². The summed E-state index contributed by atoms with van der Waals surface area (Å²) < 4.78 is 0. The van der Waals surface area contributed by atoms with Crippen LogP contribution >= 0.6 is 0 Å². The first-order valence-electron chi connectivity index (χ1n) is 6.98. The Morgan fingerprint density at radius 2 is 1.95 bits per heavy atom. The quantitative estimate of drug-likeness (QED) is 0.727. The van der Waals surface area contributed by atoms with E-state index in [1.165, 1.54) is 0 Å². The lowest BCUT2D eigenvalue weighted by molar-refractivity contribution is -0.142. The molecule has 0 aliphatic heterocycles. The van der Waals surface area contributed by atoms with Gasteiger partial charge in [0.2, 0.25) is 0 Å². The minimum atomic E-state index is -0.894. The molecule has 116 valence electrons. The molecule has 1 unspecified atom stereocenters. The number of hydrogen-bond donors (Lipinski definition) is 3. The van der Waals surface area contributed by atoms with Crippen molar-refractivity contribution in [2.24, 2.45) is 11.3 Å². The lowest BCUT2D eigenvalue weighted by atomic mass is 9.84. The molecule has 0 aromatic heterocycles. The van der Waals surface area contributed by atoms with E-state index in [0.29, 0.717) is 23.2 Å². The van der Waals surface area contributed by atoms with Crippen LogP contribution in [0.3, 0.4) is 0 Å². The summed E-state index contributed by atoms with van der Waals surface area (Å²) in [5.41, 5.74) is 7.40. The number of carboxylic acid groups (broad SMARTS) is 1. The number of nitrogen functional groups attached to an aromatic ring is 1. The summed E-state index contributed by atoms with van der Waals surface area (Å²) in [4.78, 5) is 23.4. The molecule has 0 saturated heterocycles. The van der Waals surface area contributed by atoms with Gasteiger partial charge in [-0.25, -0.2) is 0 Å². The number of rotatable bonds is 5. The number of carbonyl (C=O) groups is 2. The Kier molecular flexibility index (Phi) is 5.35. The van der Waals surface area contributed by atoms with Crippen molar-refractivity contribution in [3.8, 4) is 0 Å². The third kappa shape index (κ3) is 5.10. The number of nitrogens with two attached hydrogens (primary N) is 1. The molecule has 5 heteroatoms. The van der Waals surface area contributed by atoms with Crippen LogP contribution in [-0.2, 0) is 4.79 Å². The molecule has 0 saturated carbocycles. The van der Waals surface area contributed by atoms with E-state index < -0.39 is 11.9 Å². The maximum atomic E-state index is 12.2. The second kappa shape index (κ2) is 6.61.